The summed E-state index contributed by atoms with van der Waals surface area (Å²) < 4.78 is 10.9. The molecule has 3 heterocycles. The van der Waals surface area contributed by atoms with Gasteiger partial charge in [0, 0.05) is 35.3 Å². The summed E-state index contributed by atoms with van der Waals surface area (Å²) in [5, 5.41) is 15.7. The number of anilines is 1. The van der Waals surface area contributed by atoms with Gasteiger partial charge in [0.1, 0.15) is 5.92 Å². The van der Waals surface area contributed by atoms with Gasteiger partial charge in [-0.2, -0.15) is 5.26 Å². The first-order valence-electron chi connectivity index (χ1n) is 13.1. The Morgan fingerprint density at radius 1 is 1.15 bits per heavy atom. The van der Waals surface area contributed by atoms with Gasteiger partial charge in [0.2, 0.25) is 11.8 Å². The third-order valence-corrected chi connectivity index (χ3v) is 9.35. The first-order valence-corrected chi connectivity index (χ1v) is 15.0. The van der Waals surface area contributed by atoms with E-state index in [2.05, 4.69) is 23.0 Å². The van der Waals surface area contributed by atoms with Crippen LogP contribution in [0.15, 0.2) is 77.2 Å². The first-order chi connectivity index (χ1) is 19.9. The third-order valence-electron chi connectivity index (χ3n) is 7.35. The molecular formula is C31H30N4O4S2. The molecule has 3 atom stereocenters. The fraction of sp³-hybridized carbons (Fsp3) is 0.290. The number of ether oxygens (including phenoxy) is 2. The maximum atomic E-state index is 13.5. The standard InChI is InChI=1S/C31H30N4O4S2/c1-19-28(30(37)34-22-8-5-4-6-9-22)29(26-10-7-13-40-26)23(16-32)31(33-19)41-18-27(36)35-12-11-20-14-24(38-2)25(39-3)15-21(20)17-35/h4-10,13-15,23,28-29H,1,11-12,17-18H2,2-3H3,(H,34,37)/t23?,28-,29-/m1/s1. The number of aliphatic imine (C=N–C) groups is 1. The van der Waals surface area contributed by atoms with Crippen LogP contribution in [0.4, 0.5) is 5.69 Å². The molecule has 2 aliphatic rings. The van der Waals surface area contributed by atoms with Crippen molar-refractivity contribution < 1.29 is 19.1 Å². The summed E-state index contributed by atoms with van der Waals surface area (Å²) in [6.45, 7) is 5.18. The summed E-state index contributed by atoms with van der Waals surface area (Å²) in [6.07, 6.45) is 0.712. The fourth-order valence-corrected chi connectivity index (χ4v) is 7.20. The summed E-state index contributed by atoms with van der Waals surface area (Å²) in [4.78, 5) is 34.2. The van der Waals surface area contributed by atoms with Crippen LogP contribution in [0.25, 0.3) is 0 Å². The molecule has 0 saturated heterocycles. The predicted molar refractivity (Wildman–Crippen MR) is 162 cm³/mol. The molecule has 2 aromatic carbocycles. The molecule has 1 unspecified atom stereocenters. The molecule has 5 rings (SSSR count). The van der Waals surface area contributed by atoms with E-state index < -0.39 is 17.8 Å². The van der Waals surface area contributed by atoms with Crippen LogP contribution in [0, 0.1) is 23.2 Å². The quantitative estimate of drug-likeness (QED) is 0.393. The molecule has 8 nitrogen and oxygen atoms in total. The maximum absolute atomic E-state index is 13.5. The van der Waals surface area contributed by atoms with Gasteiger partial charge in [-0.25, -0.2) is 4.99 Å². The Morgan fingerprint density at radius 2 is 1.88 bits per heavy atom. The number of benzene rings is 2. The molecule has 0 spiro atoms. The number of thioether (sulfide) groups is 1. The summed E-state index contributed by atoms with van der Waals surface area (Å²) in [7, 11) is 3.20. The average Bonchev–Trinajstić information content (AvgIpc) is 3.53. The van der Waals surface area contributed by atoms with E-state index in [1.807, 2.05) is 64.9 Å². The molecule has 0 bridgehead atoms. The number of carbonyl (C=O) groups excluding carboxylic acids is 2. The molecule has 10 heteroatoms. The molecule has 41 heavy (non-hydrogen) atoms. The van der Waals surface area contributed by atoms with Crippen molar-refractivity contribution in [3.63, 3.8) is 0 Å². The van der Waals surface area contributed by atoms with Gasteiger partial charge in [-0.05, 0) is 53.3 Å². The van der Waals surface area contributed by atoms with Gasteiger partial charge in [-0.3, -0.25) is 9.59 Å². The van der Waals surface area contributed by atoms with Crippen LogP contribution in [0.1, 0.15) is 21.9 Å². The summed E-state index contributed by atoms with van der Waals surface area (Å²) in [6, 6.07) is 19.3. The van der Waals surface area contributed by atoms with Crippen LogP contribution in [0.3, 0.4) is 0 Å². The lowest BCUT2D eigenvalue weighted by atomic mass is 9.77. The van der Waals surface area contributed by atoms with Crippen molar-refractivity contribution in [2.75, 3.05) is 31.8 Å². The van der Waals surface area contributed by atoms with Gasteiger partial charge in [-0.15, -0.1) is 11.3 Å². The van der Waals surface area contributed by atoms with Gasteiger partial charge in [0.05, 0.1) is 37.0 Å². The number of nitrogens with zero attached hydrogens (tertiary/aromatic N) is 3. The number of rotatable bonds is 7. The van der Waals surface area contributed by atoms with E-state index in [-0.39, 0.29) is 17.6 Å². The largest absolute Gasteiger partial charge is 0.493 e. The first kappa shape index (κ1) is 28.5. The molecule has 3 aromatic rings. The average molecular weight is 587 g/mol. The number of para-hydroxylation sites is 1. The number of nitriles is 1. The normalized spacial score (nSPS) is 19.9. The van der Waals surface area contributed by atoms with Crippen LogP contribution in [-0.4, -0.2) is 48.3 Å². The maximum Gasteiger partial charge on any atom is 0.234 e. The number of nitrogens with one attached hydrogen (secondary N) is 1. The number of methoxy groups -OCH3 is 2. The molecule has 0 aliphatic carbocycles. The molecule has 0 fully saturated rings. The Bertz CT molecular complexity index is 1510. The Hall–Kier alpha value is -4.07. The van der Waals surface area contributed by atoms with Crippen LogP contribution in [-0.2, 0) is 22.6 Å². The second-order valence-corrected chi connectivity index (χ2v) is 11.7. The molecular weight excluding hydrogens is 556 g/mol. The van der Waals surface area contributed by atoms with Gasteiger partial charge in [0.15, 0.2) is 11.5 Å². The number of hydrogen-bond acceptors (Lipinski definition) is 8. The number of hydrogen-bond donors (Lipinski definition) is 1. The zero-order valence-electron chi connectivity index (χ0n) is 22.8. The highest BCUT2D eigenvalue weighted by molar-refractivity contribution is 8.14. The summed E-state index contributed by atoms with van der Waals surface area (Å²) in [5.41, 5.74) is 3.20. The lowest BCUT2D eigenvalue weighted by Crippen LogP contribution is -2.39. The van der Waals surface area contributed by atoms with E-state index in [1.54, 1.807) is 14.2 Å². The van der Waals surface area contributed by atoms with Crippen LogP contribution < -0.4 is 14.8 Å². The highest BCUT2D eigenvalue weighted by Gasteiger charge is 2.44. The van der Waals surface area contributed by atoms with E-state index in [0.717, 1.165) is 16.0 Å². The lowest BCUT2D eigenvalue weighted by Gasteiger charge is -2.34. The minimum Gasteiger partial charge on any atom is -0.493 e. The lowest BCUT2D eigenvalue weighted by molar-refractivity contribution is -0.129. The highest BCUT2D eigenvalue weighted by atomic mass is 32.2. The monoisotopic (exact) mass is 586 g/mol. The zero-order chi connectivity index (χ0) is 28.9. The van der Waals surface area contributed by atoms with Crippen molar-refractivity contribution in [1.29, 1.82) is 5.26 Å². The molecule has 210 valence electrons. The second kappa shape index (κ2) is 12.6. The number of fused-ring (bicyclic) bond motifs is 1. The number of carbonyl (C=O) groups is 2. The van der Waals surface area contributed by atoms with Crippen molar-refractivity contribution in [2.45, 2.75) is 18.9 Å². The van der Waals surface area contributed by atoms with Gasteiger partial charge in [-0.1, -0.05) is 42.6 Å². The fourth-order valence-electron chi connectivity index (χ4n) is 5.28. The Balaban J connectivity index is 1.33. The second-order valence-electron chi connectivity index (χ2n) is 9.75. The van der Waals surface area contributed by atoms with Crippen LogP contribution in [0.5, 0.6) is 11.5 Å². The number of amides is 2. The Kier molecular flexibility index (Phi) is 8.76. The summed E-state index contributed by atoms with van der Waals surface area (Å²) in [5.74, 6) is -0.741. The molecule has 2 amide bonds. The van der Waals surface area contributed by atoms with E-state index in [1.165, 1.54) is 23.1 Å². The Morgan fingerprint density at radius 3 is 2.54 bits per heavy atom. The van der Waals surface area contributed by atoms with E-state index >= 15 is 0 Å². The minimum absolute atomic E-state index is 0.0444. The molecule has 0 radical (unpaired) electrons. The smallest absolute Gasteiger partial charge is 0.234 e. The summed E-state index contributed by atoms with van der Waals surface area (Å²) >= 11 is 2.75. The van der Waals surface area contributed by atoms with Crippen molar-refractivity contribution in [1.82, 2.24) is 4.90 Å². The van der Waals surface area contributed by atoms with Crippen LogP contribution in [0.2, 0.25) is 0 Å². The van der Waals surface area contributed by atoms with Gasteiger partial charge >= 0.3 is 0 Å². The van der Waals surface area contributed by atoms with E-state index in [4.69, 9.17) is 9.47 Å². The van der Waals surface area contributed by atoms with Crippen molar-refractivity contribution in [3.05, 3.63) is 88.3 Å². The SMILES string of the molecule is C=C1N=C(SCC(=O)N2CCc3cc(OC)c(OC)cc3C2)C(C#N)[C@H](c2cccs2)[C@@H]1C(=O)Nc1ccccc1. The van der Waals surface area contributed by atoms with E-state index in [0.29, 0.717) is 47.4 Å². The molecule has 2 aliphatic heterocycles. The highest BCUT2D eigenvalue weighted by Crippen LogP contribution is 2.45. The van der Waals surface area contributed by atoms with Crippen molar-refractivity contribution in [3.8, 4) is 17.6 Å². The van der Waals surface area contributed by atoms with E-state index in [9.17, 15) is 14.9 Å². The molecule has 1 N–H and O–H groups in total. The zero-order valence-corrected chi connectivity index (χ0v) is 24.5. The topological polar surface area (TPSA) is 104 Å². The molecule has 0 saturated carbocycles. The number of thiophene rings is 1. The third kappa shape index (κ3) is 6.01. The Labute approximate surface area is 247 Å². The minimum atomic E-state index is -0.718. The predicted octanol–water partition coefficient (Wildman–Crippen LogP) is 5.49. The van der Waals surface area contributed by atoms with Crippen LogP contribution >= 0.6 is 23.1 Å². The van der Waals surface area contributed by atoms with Crippen molar-refractivity contribution in [2.24, 2.45) is 16.8 Å². The van der Waals surface area contributed by atoms with Gasteiger partial charge in [0.25, 0.3) is 0 Å². The van der Waals surface area contributed by atoms with Gasteiger partial charge < -0.3 is 19.7 Å². The molecule has 1 aromatic heterocycles. The van der Waals surface area contributed by atoms with Crippen molar-refractivity contribution >= 4 is 45.6 Å².